The summed E-state index contributed by atoms with van der Waals surface area (Å²) in [6.07, 6.45) is 0. The third-order valence-electron chi connectivity index (χ3n) is 3.53. The molecule has 25 heavy (non-hydrogen) atoms. The predicted octanol–water partition coefficient (Wildman–Crippen LogP) is 4.17. The summed E-state index contributed by atoms with van der Waals surface area (Å²) in [4.78, 5) is 12.9. The van der Waals surface area contributed by atoms with Crippen LogP contribution in [0, 0.1) is 0 Å². The molecule has 0 spiro atoms. The third-order valence-corrected chi connectivity index (χ3v) is 5.13. The quantitative estimate of drug-likeness (QED) is 0.705. The predicted molar refractivity (Wildman–Crippen MR) is 97.9 cm³/mol. The number of carbonyl (C=O) groups is 1. The SMILES string of the molecule is O=C(NCc1ccc(Cl)cc1)c1ccc(C[S@](=O)c2ccccc2)o1. The smallest absolute Gasteiger partial charge is 0.287 e. The molecule has 0 unspecified atom stereocenters. The van der Waals surface area contributed by atoms with Gasteiger partial charge in [0, 0.05) is 16.5 Å². The number of amides is 1. The first-order chi connectivity index (χ1) is 12.1. The van der Waals surface area contributed by atoms with Crippen molar-refractivity contribution in [2.24, 2.45) is 0 Å². The van der Waals surface area contributed by atoms with Crippen LogP contribution in [0.2, 0.25) is 5.02 Å². The van der Waals surface area contributed by atoms with Gasteiger partial charge in [0.2, 0.25) is 0 Å². The highest BCUT2D eigenvalue weighted by Crippen LogP contribution is 2.15. The molecule has 1 atom stereocenters. The maximum atomic E-state index is 12.3. The van der Waals surface area contributed by atoms with E-state index < -0.39 is 10.8 Å². The number of benzene rings is 2. The van der Waals surface area contributed by atoms with Crippen LogP contribution >= 0.6 is 11.6 Å². The first kappa shape index (κ1) is 17.5. The minimum absolute atomic E-state index is 0.203. The van der Waals surface area contributed by atoms with Crippen molar-refractivity contribution in [3.8, 4) is 0 Å². The molecule has 2 aromatic carbocycles. The Hall–Kier alpha value is -2.37. The number of halogens is 1. The molecule has 1 amide bonds. The van der Waals surface area contributed by atoms with E-state index in [2.05, 4.69) is 5.32 Å². The van der Waals surface area contributed by atoms with Crippen molar-refractivity contribution in [1.82, 2.24) is 5.32 Å². The Bertz CT molecular complexity index is 875. The Labute approximate surface area is 153 Å². The van der Waals surface area contributed by atoms with E-state index in [0.29, 0.717) is 17.3 Å². The second-order valence-electron chi connectivity index (χ2n) is 5.38. The average molecular weight is 374 g/mol. The van der Waals surface area contributed by atoms with Crippen LogP contribution in [-0.2, 0) is 23.1 Å². The molecule has 0 radical (unpaired) electrons. The molecule has 0 aliphatic heterocycles. The van der Waals surface area contributed by atoms with Gasteiger partial charge in [-0.2, -0.15) is 0 Å². The molecule has 0 bridgehead atoms. The Morgan fingerprint density at radius 3 is 2.44 bits per heavy atom. The van der Waals surface area contributed by atoms with Crippen molar-refractivity contribution in [2.75, 3.05) is 0 Å². The molecular formula is C19H16ClNO3S. The molecule has 1 heterocycles. The van der Waals surface area contributed by atoms with Gasteiger partial charge in [-0.05, 0) is 42.0 Å². The molecular weight excluding hydrogens is 358 g/mol. The Kier molecular flexibility index (Phi) is 5.68. The molecule has 4 nitrogen and oxygen atoms in total. The van der Waals surface area contributed by atoms with Crippen LogP contribution in [0.3, 0.4) is 0 Å². The summed E-state index contributed by atoms with van der Waals surface area (Å²) in [6.45, 7) is 0.377. The van der Waals surface area contributed by atoms with E-state index in [-0.39, 0.29) is 17.4 Å². The van der Waals surface area contributed by atoms with E-state index in [4.69, 9.17) is 16.0 Å². The summed E-state index contributed by atoms with van der Waals surface area (Å²) >= 11 is 5.83. The van der Waals surface area contributed by atoms with E-state index in [1.165, 1.54) is 0 Å². The number of nitrogens with one attached hydrogen (secondary N) is 1. The fourth-order valence-electron chi connectivity index (χ4n) is 2.23. The monoisotopic (exact) mass is 373 g/mol. The highest BCUT2D eigenvalue weighted by molar-refractivity contribution is 7.84. The number of rotatable bonds is 6. The largest absolute Gasteiger partial charge is 0.455 e. The third kappa shape index (κ3) is 4.81. The van der Waals surface area contributed by atoms with Gasteiger partial charge in [0.05, 0.1) is 16.6 Å². The lowest BCUT2D eigenvalue weighted by atomic mass is 10.2. The van der Waals surface area contributed by atoms with Crippen LogP contribution in [0.1, 0.15) is 21.9 Å². The summed E-state index contributed by atoms with van der Waals surface area (Å²) < 4.78 is 17.8. The molecule has 3 rings (SSSR count). The Morgan fingerprint density at radius 2 is 1.72 bits per heavy atom. The van der Waals surface area contributed by atoms with Crippen LogP contribution in [0.25, 0.3) is 0 Å². The summed E-state index contributed by atoms with van der Waals surface area (Å²) in [5, 5.41) is 3.43. The summed E-state index contributed by atoms with van der Waals surface area (Å²) in [6, 6.07) is 19.7. The minimum atomic E-state index is -1.21. The maximum Gasteiger partial charge on any atom is 0.287 e. The van der Waals surface area contributed by atoms with E-state index in [9.17, 15) is 9.00 Å². The highest BCUT2D eigenvalue weighted by Gasteiger charge is 2.13. The second kappa shape index (κ2) is 8.14. The standard InChI is InChI=1S/C19H16ClNO3S/c20-15-8-6-14(7-9-15)12-21-19(22)18-11-10-16(24-18)13-25(23)17-4-2-1-3-5-17/h1-11H,12-13H2,(H,21,22)/t25-/m0/s1. The normalized spacial score (nSPS) is 11.9. The topological polar surface area (TPSA) is 59.3 Å². The molecule has 0 fully saturated rings. The van der Waals surface area contributed by atoms with Crippen molar-refractivity contribution < 1.29 is 13.4 Å². The van der Waals surface area contributed by atoms with Gasteiger partial charge < -0.3 is 9.73 Å². The second-order valence-corrected chi connectivity index (χ2v) is 7.27. The van der Waals surface area contributed by atoms with Crippen LogP contribution in [0.15, 0.2) is 76.0 Å². The Morgan fingerprint density at radius 1 is 1.00 bits per heavy atom. The summed E-state index contributed by atoms with van der Waals surface area (Å²) in [5.41, 5.74) is 0.940. The van der Waals surface area contributed by atoms with E-state index >= 15 is 0 Å². The van der Waals surface area contributed by atoms with Crippen LogP contribution < -0.4 is 5.32 Å². The number of hydrogen-bond donors (Lipinski definition) is 1. The first-order valence-corrected chi connectivity index (χ1v) is 9.36. The van der Waals surface area contributed by atoms with Gasteiger partial charge >= 0.3 is 0 Å². The maximum absolute atomic E-state index is 12.3. The van der Waals surface area contributed by atoms with E-state index in [1.54, 1.807) is 36.4 Å². The summed E-state index contributed by atoms with van der Waals surface area (Å²) in [7, 11) is -1.21. The van der Waals surface area contributed by atoms with E-state index in [1.807, 2.05) is 30.3 Å². The van der Waals surface area contributed by atoms with Gasteiger partial charge in [0.1, 0.15) is 5.76 Å². The van der Waals surface area contributed by atoms with Crippen LogP contribution in [0.4, 0.5) is 0 Å². The molecule has 1 aromatic heterocycles. The lowest BCUT2D eigenvalue weighted by Crippen LogP contribution is -2.22. The van der Waals surface area contributed by atoms with Crippen molar-refractivity contribution in [1.29, 1.82) is 0 Å². The van der Waals surface area contributed by atoms with Crippen LogP contribution in [0.5, 0.6) is 0 Å². The van der Waals surface area contributed by atoms with Gasteiger partial charge in [-0.1, -0.05) is 41.9 Å². The fraction of sp³-hybridized carbons (Fsp3) is 0.105. The van der Waals surface area contributed by atoms with Crippen LogP contribution in [-0.4, -0.2) is 10.1 Å². The zero-order chi connectivity index (χ0) is 17.6. The lowest BCUT2D eigenvalue weighted by molar-refractivity contribution is 0.0921. The molecule has 128 valence electrons. The highest BCUT2D eigenvalue weighted by atomic mass is 35.5. The Balaban J connectivity index is 1.58. The van der Waals surface area contributed by atoms with Gasteiger partial charge in [0.25, 0.3) is 5.91 Å². The molecule has 0 aliphatic carbocycles. The minimum Gasteiger partial charge on any atom is -0.455 e. The van der Waals surface area contributed by atoms with Crippen molar-refractivity contribution in [2.45, 2.75) is 17.2 Å². The molecule has 6 heteroatoms. The fourth-order valence-corrected chi connectivity index (χ4v) is 3.40. The summed E-state index contributed by atoms with van der Waals surface area (Å²) in [5.74, 6) is 0.633. The molecule has 0 saturated heterocycles. The van der Waals surface area contributed by atoms with Gasteiger partial charge in [-0.25, -0.2) is 0 Å². The van der Waals surface area contributed by atoms with Crippen molar-refractivity contribution >= 4 is 28.3 Å². The van der Waals surface area contributed by atoms with E-state index in [0.717, 1.165) is 10.5 Å². The van der Waals surface area contributed by atoms with Gasteiger partial charge in [-0.3, -0.25) is 9.00 Å². The lowest BCUT2D eigenvalue weighted by Gasteiger charge is -2.04. The van der Waals surface area contributed by atoms with Gasteiger partial charge in [-0.15, -0.1) is 0 Å². The average Bonchev–Trinajstić information content (AvgIpc) is 3.10. The molecule has 0 saturated carbocycles. The van der Waals surface area contributed by atoms with Crippen molar-refractivity contribution in [3.63, 3.8) is 0 Å². The molecule has 0 aliphatic rings. The zero-order valence-corrected chi connectivity index (χ0v) is 14.8. The molecule has 3 aromatic rings. The van der Waals surface area contributed by atoms with Crippen molar-refractivity contribution in [3.05, 3.63) is 88.8 Å². The van der Waals surface area contributed by atoms with Gasteiger partial charge in [0.15, 0.2) is 5.76 Å². The molecule has 1 N–H and O–H groups in total. The number of hydrogen-bond acceptors (Lipinski definition) is 3. The zero-order valence-electron chi connectivity index (χ0n) is 13.3. The first-order valence-electron chi connectivity index (χ1n) is 7.66. The number of carbonyl (C=O) groups excluding carboxylic acids is 1. The number of furan rings is 1.